The maximum atomic E-state index is 5.63. The zero-order chi connectivity index (χ0) is 6.82. The van der Waals surface area contributed by atoms with E-state index in [9.17, 15) is 0 Å². The maximum Gasteiger partial charge on any atom is 0.0954 e. The third-order valence-corrected chi connectivity index (χ3v) is 3.81. The normalized spacial score (nSPS) is 62.7. The van der Waals surface area contributed by atoms with E-state index in [2.05, 4.69) is 6.92 Å². The predicted octanol–water partition coefficient (Wildman–Crippen LogP) is 1.92. The molecule has 2 bridgehead atoms. The first-order chi connectivity index (χ1) is 4.79. The second-order valence-electron chi connectivity index (χ2n) is 4.30. The number of epoxide rings is 1. The van der Waals surface area contributed by atoms with Crippen LogP contribution in [0.5, 0.6) is 0 Å². The Morgan fingerprint density at radius 3 is 2.80 bits per heavy atom. The summed E-state index contributed by atoms with van der Waals surface area (Å²) in [5.41, 5.74) is 1.03. The van der Waals surface area contributed by atoms with Crippen LogP contribution in [-0.2, 0) is 4.74 Å². The highest BCUT2D eigenvalue weighted by Gasteiger charge is 2.70. The van der Waals surface area contributed by atoms with Crippen LogP contribution in [-0.4, -0.2) is 11.7 Å². The Morgan fingerprint density at radius 1 is 1.50 bits per heavy atom. The lowest BCUT2D eigenvalue weighted by molar-refractivity contribution is 0.194. The van der Waals surface area contributed by atoms with Gasteiger partial charge in [0.15, 0.2) is 0 Å². The monoisotopic (exact) mass is 137 g/mol. The van der Waals surface area contributed by atoms with Crippen LogP contribution in [0.2, 0.25) is 0 Å². The number of fused-ring (bicyclic) bond motifs is 1. The molecule has 0 amide bonds. The number of hydrogen-bond acceptors (Lipinski definition) is 1. The molecule has 1 saturated heterocycles. The van der Waals surface area contributed by atoms with Crippen molar-refractivity contribution in [3.63, 3.8) is 0 Å². The first kappa shape index (κ1) is 5.59. The number of hydrogen-bond donors (Lipinski definition) is 0. The van der Waals surface area contributed by atoms with Gasteiger partial charge in [-0.1, -0.05) is 6.92 Å². The van der Waals surface area contributed by atoms with Crippen LogP contribution in [0.4, 0.5) is 0 Å². The quantitative estimate of drug-likeness (QED) is 0.503. The molecule has 0 aromatic rings. The lowest BCUT2D eigenvalue weighted by Crippen LogP contribution is -2.14. The highest BCUT2D eigenvalue weighted by Crippen LogP contribution is 2.68. The Bertz CT molecular complexity index is 189. The van der Waals surface area contributed by atoms with Crippen LogP contribution in [0.3, 0.4) is 0 Å². The fourth-order valence-corrected chi connectivity index (χ4v) is 3.02. The van der Waals surface area contributed by atoms with Crippen LogP contribution < -0.4 is 0 Å². The SMILES string of the molecule is [CH2]CC12CCC3(C1)OC3C2. The van der Waals surface area contributed by atoms with Crippen LogP contribution in [0.25, 0.3) is 0 Å². The second kappa shape index (κ2) is 1.29. The van der Waals surface area contributed by atoms with E-state index in [0.717, 1.165) is 6.42 Å². The molecule has 55 valence electrons. The van der Waals surface area contributed by atoms with Crippen molar-refractivity contribution in [3.8, 4) is 0 Å². The van der Waals surface area contributed by atoms with E-state index in [1.54, 1.807) is 0 Å². The fourth-order valence-electron chi connectivity index (χ4n) is 3.02. The van der Waals surface area contributed by atoms with Crippen LogP contribution >= 0.6 is 0 Å². The molecule has 1 nitrogen and oxygen atoms in total. The van der Waals surface area contributed by atoms with Crippen molar-refractivity contribution in [1.82, 2.24) is 0 Å². The number of ether oxygens (including phenoxy) is 1. The average molecular weight is 137 g/mol. The van der Waals surface area contributed by atoms with Crippen molar-refractivity contribution < 1.29 is 4.74 Å². The average Bonchev–Trinajstić information content (AvgIpc) is 2.37. The van der Waals surface area contributed by atoms with E-state index in [0.29, 0.717) is 17.1 Å². The Labute approximate surface area is 61.8 Å². The van der Waals surface area contributed by atoms with E-state index in [1.807, 2.05) is 0 Å². The van der Waals surface area contributed by atoms with Gasteiger partial charge in [0.1, 0.15) is 0 Å². The van der Waals surface area contributed by atoms with Gasteiger partial charge in [0.05, 0.1) is 11.7 Å². The third-order valence-electron chi connectivity index (χ3n) is 3.81. The van der Waals surface area contributed by atoms with Crippen molar-refractivity contribution in [2.45, 2.75) is 43.8 Å². The number of rotatable bonds is 1. The summed E-state index contributed by atoms with van der Waals surface area (Å²) in [5.74, 6) is 0. The smallest absolute Gasteiger partial charge is 0.0954 e. The molecule has 3 atom stereocenters. The Kier molecular flexibility index (Phi) is 0.722. The fraction of sp³-hybridized carbons (Fsp3) is 0.889. The topological polar surface area (TPSA) is 12.5 Å². The molecular weight excluding hydrogens is 124 g/mol. The maximum absolute atomic E-state index is 5.63. The van der Waals surface area contributed by atoms with Crippen LogP contribution in [0.15, 0.2) is 0 Å². The van der Waals surface area contributed by atoms with Gasteiger partial charge in [0.2, 0.25) is 0 Å². The van der Waals surface area contributed by atoms with Gasteiger partial charge in [-0.25, -0.2) is 0 Å². The Balaban J connectivity index is 1.96. The summed E-state index contributed by atoms with van der Waals surface area (Å²) < 4.78 is 5.63. The first-order valence-electron chi connectivity index (χ1n) is 4.26. The van der Waals surface area contributed by atoms with Crippen molar-refractivity contribution in [1.29, 1.82) is 0 Å². The van der Waals surface area contributed by atoms with Gasteiger partial charge in [-0.2, -0.15) is 0 Å². The molecular formula is C9H13O. The van der Waals surface area contributed by atoms with Crippen molar-refractivity contribution in [2.24, 2.45) is 5.41 Å². The minimum Gasteiger partial charge on any atom is -0.366 e. The minimum atomic E-state index is 0.400. The molecule has 3 aliphatic rings. The lowest BCUT2D eigenvalue weighted by atomic mass is 9.82. The summed E-state index contributed by atoms with van der Waals surface area (Å²) in [6.45, 7) is 4.03. The third kappa shape index (κ3) is 0.430. The van der Waals surface area contributed by atoms with E-state index >= 15 is 0 Å². The molecule has 0 aromatic heterocycles. The summed E-state index contributed by atoms with van der Waals surface area (Å²) in [5, 5.41) is 0. The zero-order valence-electron chi connectivity index (χ0n) is 6.23. The second-order valence-corrected chi connectivity index (χ2v) is 4.30. The molecule has 1 spiro atoms. The molecule has 1 radical (unpaired) electrons. The van der Waals surface area contributed by atoms with Gasteiger partial charge in [-0.15, -0.1) is 0 Å². The highest BCUT2D eigenvalue weighted by molar-refractivity contribution is 5.20. The molecule has 1 heterocycles. The van der Waals surface area contributed by atoms with E-state index < -0.39 is 0 Å². The molecule has 10 heavy (non-hydrogen) atoms. The van der Waals surface area contributed by atoms with Crippen LogP contribution in [0.1, 0.15) is 32.1 Å². The van der Waals surface area contributed by atoms with E-state index in [-0.39, 0.29) is 0 Å². The van der Waals surface area contributed by atoms with Crippen molar-refractivity contribution in [3.05, 3.63) is 6.92 Å². The summed E-state index contributed by atoms with van der Waals surface area (Å²) in [4.78, 5) is 0. The summed E-state index contributed by atoms with van der Waals surface area (Å²) in [6, 6.07) is 0. The van der Waals surface area contributed by atoms with Gasteiger partial charge in [-0.05, 0) is 37.5 Å². The molecule has 3 rings (SSSR count). The Morgan fingerprint density at radius 2 is 2.40 bits per heavy atom. The molecule has 1 heteroatoms. The standard InChI is InChI=1S/C9H13O/c1-2-8-3-4-9(6-8)7(5-8)10-9/h7H,1-6H2. The van der Waals surface area contributed by atoms with Crippen LogP contribution in [0, 0.1) is 12.3 Å². The molecule has 2 saturated carbocycles. The molecule has 3 unspecified atom stereocenters. The van der Waals surface area contributed by atoms with E-state index in [1.165, 1.54) is 25.7 Å². The van der Waals surface area contributed by atoms with Gasteiger partial charge >= 0.3 is 0 Å². The van der Waals surface area contributed by atoms with Gasteiger partial charge in [0.25, 0.3) is 0 Å². The summed E-state index contributed by atoms with van der Waals surface area (Å²) >= 11 is 0. The minimum absolute atomic E-state index is 0.400. The largest absolute Gasteiger partial charge is 0.366 e. The predicted molar refractivity (Wildman–Crippen MR) is 38.5 cm³/mol. The zero-order valence-corrected chi connectivity index (χ0v) is 6.23. The highest BCUT2D eigenvalue weighted by atomic mass is 16.6. The van der Waals surface area contributed by atoms with Crippen molar-refractivity contribution in [2.75, 3.05) is 0 Å². The van der Waals surface area contributed by atoms with Gasteiger partial charge in [-0.3, -0.25) is 0 Å². The summed E-state index contributed by atoms with van der Waals surface area (Å²) in [7, 11) is 0. The molecule has 2 aliphatic carbocycles. The van der Waals surface area contributed by atoms with E-state index in [4.69, 9.17) is 4.74 Å². The Hall–Kier alpha value is -0.0400. The molecule has 3 fully saturated rings. The first-order valence-corrected chi connectivity index (χ1v) is 4.26. The molecule has 1 aliphatic heterocycles. The molecule has 0 aromatic carbocycles. The van der Waals surface area contributed by atoms with Gasteiger partial charge < -0.3 is 4.74 Å². The molecule has 0 N–H and O–H groups in total. The van der Waals surface area contributed by atoms with Crippen molar-refractivity contribution >= 4 is 0 Å². The summed E-state index contributed by atoms with van der Waals surface area (Å²) in [6.07, 6.45) is 7.14. The lowest BCUT2D eigenvalue weighted by Gasteiger charge is -2.23. The van der Waals surface area contributed by atoms with Gasteiger partial charge in [0, 0.05) is 0 Å².